The lowest BCUT2D eigenvalue weighted by Gasteiger charge is -2.25. The Morgan fingerprint density at radius 3 is 2.15 bits per heavy atom. The number of hydrogen-bond acceptors (Lipinski definition) is 4. The second-order valence-electron chi connectivity index (χ2n) is 4.17. The van der Waals surface area contributed by atoms with Gasteiger partial charge in [0.1, 0.15) is 6.04 Å². The van der Waals surface area contributed by atoms with Crippen LogP contribution in [0.2, 0.25) is 0 Å². The second kappa shape index (κ2) is 6.17. The molecule has 0 amide bonds. The Balaban J connectivity index is 3.06. The summed E-state index contributed by atoms with van der Waals surface area (Å²) in [4.78, 5) is 12.0. The highest BCUT2D eigenvalue weighted by molar-refractivity contribution is 7.91. The number of likely N-dealkylation sites (N-methyl/N-ethyl adjacent to an activating group) is 1. The van der Waals surface area contributed by atoms with Crippen molar-refractivity contribution in [2.75, 3.05) is 11.9 Å². The smallest absolute Gasteiger partial charge is 0.341 e. The molecule has 1 aromatic rings. The van der Waals surface area contributed by atoms with Crippen LogP contribution < -0.4 is 4.90 Å². The van der Waals surface area contributed by atoms with Crippen LogP contribution in [0.1, 0.15) is 13.3 Å². The van der Waals surface area contributed by atoms with Crippen LogP contribution >= 0.6 is 0 Å². The summed E-state index contributed by atoms with van der Waals surface area (Å²) in [7, 11) is -3.09. The molecule has 1 aromatic carbocycles. The van der Waals surface area contributed by atoms with Crippen molar-refractivity contribution >= 4 is 21.5 Å². The number of carboxylic acid groups (broad SMARTS) is 1. The lowest BCUT2D eigenvalue weighted by atomic mass is 10.2. The third-order valence-corrected chi connectivity index (χ3v) is 4.34. The summed E-state index contributed by atoms with van der Waals surface area (Å²) in [5.74, 6) is -4.49. The minimum Gasteiger partial charge on any atom is -0.480 e. The Morgan fingerprint density at radius 1 is 1.30 bits per heavy atom. The largest absolute Gasteiger partial charge is 0.480 e. The molecule has 0 fully saturated rings. The molecule has 0 aromatic heterocycles. The molecule has 0 bridgehead atoms. The quantitative estimate of drug-likeness (QED) is 0.870. The van der Waals surface area contributed by atoms with E-state index in [1.165, 1.54) is 17.0 Å². The van der Waals surface area contributed by atoms with Crippen molar-refractivity contribution in [3.05, 3.63) is 24.3 Å². The van der Waals surface area contributed by atoms with Gasteiger partial charge in [-0.05, 0) is 30.7 Å². The standard InChI is InChI=1S/C12H15F2NO4S/c1-3-10(11(16)17)15(2)8-4-6-9(7-5-8)20(18,19)12(13)14/h4-7,10,12H,3H2,1-2H3,(H,16,17). The number of benzene rings is 1. The van der Waals surface area contributed by atoms with E-state index in [4.69, 9.17) is 5.11 Å². The molecule has 0 saturated carbocycles. The van der Waals surface area contributed by atoms with Crippen molar-refractivity contribution in [2.45, 2.75) is 30.0 Å². The first-order chi connectivity index (χ1) is 9.21. The van der Waals surface area contributed by atoms with Crippen molar-refractivity contribution in [1.29, 1.82) is 0 Å². The van der Waals surface area contributed by atoms with Crippen molar-refractivity contribution in [3.8, 4) is 0 Å². The van der Waals surface area contributed by atoms with E-state index in [2.05, 4.69) is 0 Å². The third-order valence-electron chi connectivity index (χ3n) is 2.95. The molecule has 0 saturated heterocycles. The highest BCUT2D eigenvalue weighted by Gasteiger charge is 2.27. The zero-order valence-electron chi connectivity index (χ0n) is 11.0. The molecule has 0 aliphatic heterocycles. The highest BCUT2D eigenvalue weighted by atomic mass is 32.2. The molecule has 1 atom stereocenters. The van der Waals surface area contributed by atoms with Crippen LogP contribution in [0.3, 0.4) is 0 Å². The van der Waals surface area contributed by atoms with Gasteiger partial charge in [0.25, 0.3) is 0 Å². The first-order valence-corrected chi connectivity index (χ1v) is 7.34. The van der Waals surface area contributed by atoms with E-state index < -0.39 is 32.5 Å². The van der Waals surface area contributed by atoms with Gasteiger partial charge in [-0.2, -0.15) is 8.78 Å². The number of carboxylic acids is 1. The second-order valence-corrected chi connectivity index (χ2v) is 6.09. The van der Waals surface area contributed by atoms with Gasteiger partial charge in [-0.1, -0.05) is 6.92 Å². The number of alkyl halides is 2. The average Bonchev–Trinajstić information content (AvgIpc) is 2.38. The Morgan fingerprint density at radius 2 is 1.80 bits per heavy atom. The monoisotopic (exact) mass is 307 g/mol. The lowest BCUT2D eigenvalue weighted by Crippen LogP contribution is -2.37. The number of nitrogens with zero attached hydrogens (tertiary/aromatic N) is 1. The van der Waals surface area contributed by atoms with Crippen LogP contribution in [-0.4, -0.2) is 38.3 Å². The van der Waals surface area contributed by atoms with Crippen molar-refractivity contribution in [3.63, 3.8) is 0 Å². The molecule has 0 aliphatic carbocycles. The van der Waals surface area contributed by atoms with Gasteiger partial charge in [-0.15, -0.1) is 0 Å². The molecule has 8 heteroatoms. The molecule has 1 N–H and O–H groups in total. The fourth-order valence-corrected chi connectivity index (χ4v) is 2.49. The van der Waals surface area contributed by atoms with Crippen molar-refractivity contribution in [1.82, 2.24) is 0 Å². The van der Waals surface area contributed by atoms with Gasteiger partial charge in [0.05, 0.1) is 4.90 Å². The van der Waals surface area contributed by atoms with Crippen LogP contribution in [0.5, 0.6) is 0 Å². The van der Waals surface area contributed by atoms with Crippen molar-refractivity contribution < 1.29 is 27.1 Å². The van der Waals surface area contributed by atoms with Crippen molar-refractivity contribution in [2.24, 2.45) is 0 Å². The predicted molar refractivity (Wildman–Crippen MR) is 69.7 cm³/mol. The van der Waals surface area contributed by atoms with E-state index in [9.17, 15) is 22.0 Å². The maximum absolute atomic E-state index is 12.4. The molecule has 0 radical (unpaired) electrons. The Labute approximate surface area is 115 Å². The van der Waals surface area contributed by atoms with Gasteiger partial charge in [-0.25, -0.2) is 13.2 Å². The maximum atomic E-state index is 12.4. The molecule has 0 heterocycles. The van der Waals surface area contributed by atoms with E-state index in [1.807, 2.05) is 0 Å². The number of hydrogen-bond donors (Lipinski definition) is 1. The van der Waals surface area contributed by atoms with E-state index in [0.29, 0.717) is 12.1 Å². The fraction of sp³-hybridized carbons (Fsp3) is 0.417. The topological polar surface area (TPSA) is 74.7 Å². The molecule has 1 unspecified atom stereocenters. The molecule has 20 heavy (non-hydrogen) atoms. The zero-order valence-corrected chi connectivity index (χ0v) is 11.8. The van der Waals surface area contributed by atoms with Gasteiger partial charge in [-0.3, -0.25) is 0 Å². The van der Waals surface area contributed by atoms with Crippen LogP contribution in [0.4, 0.5) is 14.5 Å². The Kier molecular flexibility index (Phi) is 5.04. The number of rotatable bonds is 6. The molecule has 1 rings (SSSR count). The van der Waals surface area contributed by atoms with Gasteiger partial charge < -0.3 is 10.0 Å². The molecule has 112 valence electrons. The summed E-state index contributed by atoms with van der Waals surface area (Å²) in [6, 6.07) is 3.93. The Bertz CT molecular complexity index is 572. The number of carbonyl (C=O) groups is 1. The molecule has 0 spiro atoms. The summed E-state index contributed by atoms with van der Waals surface area (Å²) < 4.78 is 47.2. The number of anilines is 1. The summed E-state index contributed by atoms with van der Waals surface area (Å²) in [6.45, 7) is 1.70. The minimum absolute atomic E-state index is 0.350. The molecular weight excluding hydrogens is 292 g/mol. The number of aliphatic carboxylic acids is 1. The lowest BCUT2D eigenvalue weighted by molar-refractivity contribution is -0.138. The predicted octanol–water partition coefficient (Wildman–Crippen LogP) is 1.98. The third kappa shape index (κ3) is 3.24. The first kappa shape index (κ1) is 16.4. The number of halogens is 2. The van der Waals surface area contributed by atoms with Gasteiger partial charge in [0.2, 0.25) is 9.84 Å². The zero-order chi connectivity index (χ0) is 15.5. The SMILES string of the molecule is CCC(C(=O)O)N(C)c1ccc(S(=O)(=O)C(F)F)cc1. The summed E-state index contributed by atoms with van der Waals surface area (Å²) in [5, 5.41) is 9.02. The van der Waals surface area contributed by atoms with E-state index in [0.717, 1.165) is 12.1 Å². The van der Waals surface area contributed by atoms with Gasteiger partial charge >= 0.3 is 11.7 Å². The summed E-state index contributed by atoms with van der Waals surface area (Å²) >= 11 is 0. The van der Waals surface area contributed by atoms with Gasteiger partial charge in [0, 0.05) is 12.7 Å². The molecule has 5 nitrogen and oxygen atoms in total. The van der Waals surface area contributed by atoms with Crippen LogP contribution in [0.25, 0.3) is 0 Å². The molecular formula is C12H15F2NO4S. The maximum Gasteiger partial charge on any atom is 0.341 e. The van der Waals surface area contributed by atoms with Gasteiger partial charge in [0.15, 0.2) is 0 Å². The fourth-order valence-electron chi connectivity index (χ4n) is 1.77. The summed E-state index contributed by atoms with van der Waals surface area (Å²) in [6.07, 6.45) is 0.350. The average molecular weight is 307 g/mol. The minimum atomic E-state index is -4.63. The van der Waals surface area contributed by atoms with E-state index in [1.54, 1.807) is 14.0 Å². The van der Waals surface area contributed by atoms with Crippen LogP contribution in [0, 0.1) is 0 Å². The summed E-state index contributed by atoms with van der Waals surface area (Å²) in [5.41, 5.74) is 0.437. The van der Waals surface area contributed by atoms with E-state index in [-0.39, 0.29) is 0 Å². The highest BCUT2D eigenvalue weighted by Crippen LogP contribution is 2.23. The molecule has 0 aliphatic rings. The first-order valence-electron chi connectivity index (χ1n) is 5.79. The normalized spacial score (nSPS) is 13.2. The van der Waals surface area contributed by atoms with Crippen LogP contribution in [-0.2, 0) is 14.6 Å². The Hall–Kier alpha value is -1.70. The van der Waals surface area contributed by atoms with E-state index >= 15 is 0 Å². The van der Waals surface area contributed by atoms with Crippen LogP contribution in [0.15, 0.2) is 29.2 Å². The number of sulfone groups is 1.